The van der Waals surface area contributed by atoms with Crippen molar-refractivity contribution in [1.29, 1.82) is 0 Å². The van der Waals surface area contributed by atoms with Crippen LogP contribution in [0.25, 0.3) is 20.8 Å². The maximum absolute atomic E-state index is 12.8. The van der Waals surface area contributed by atoms with Crippen molar-refractivity contribution in [2.24, 2.45) is 0 Å². The van der Waals surface area contributed by atoms with E-state index in [1.54, 1.807) is 35.7 Å². The zero-order valence-corrected chi connectivity index (χ0v) is 22.1. The maximum atomic E-state index is 12.8. The highest BCUT2D eigenvalue weighted by Gasteiger charge is 2.31. The fourth-order valence-electron chi connectivity index (χ4n) is 3.78. The van der Waals surface area contributed by atoms with Crippen molar-refractivity contribution in [1.82, 2.24) is 20.2 Å². The number of fused-ring (bicyclic) bond motifs is 2. The molecule has 1 aliphatic heterocycles. The predicted octanol–water partition coefficient (Wildman–Crippen LogP) is 4.28. The first kappa shape index (κ1) is 25.5. The van der Waals surface area contributed by atoms with E-state index < -0.39 is 5.60 Å². The minimum absolute atomic E-state index is 0.0680. The predicted molar refractivity (Wildman–Crippen MR) is 139 cm³/mol. The molecule has 2 N–H and O–H groups in total. The second kappa shape index (κ2) is 11.0. The highest BCUT2D eigenvalue weighted by Crippen LogP contribution is 2.45. The van der Waals surface area contributed by atoms with Crippen molar-refractivity contribution < 1.29 is 19.1 Å². The Morgan fingerprint density at radius 3 is 2.80 bits per heavy atom. The Balaban J connectivity index is 1.59. The minimum atomic E-state index is -0.552. The maximum Gasteiger partial charge on any atom is 0.410 e. The van der Waals surface area contributed by atoms with E-state index >= 15 is 0 Å². The summed E-state index contributed by atoms with van der Waals surface area (Å²) in [7, 11) is 1.65. The van der Waals surface area contributed by atoms with Crippen LogP contribution in [0.4, 0.5) is 9.80 Å². The Labute approximate surface area is 212 Å². The lowest BCUT2D eigenvalue weighted by Crippen LogP contribution is -2.39. The quantitative estimate of drug-likeness (QED) is 0.430. The molecule has 0 fully saturated rings. The van der Waals surface area contributed by atoms with Crippen molar-refractivity contribution in [2.45, 2.75) is 45.8 Å². The lowest BCUT2D eigenvalue weighted by atomic mass is 10.0. The van der Waals surface area contributed by atoms with E-state index in [0.29, 0.717) is 45.6 Å². The molecule has 0 saturated carbocycles. The van der Waals surface area contributed by atoms with Gasteiger partial charge in [0.2, 0.25) is 5.91 Å². The van der Waals surface area contributed by atoms with Crippen LogP contribution in [0.5, 0.6) is 0 Å². The van der Waals surface area contributed by atoms with Gasteiger partial charge in [-0.2, -0.15) is 0 Å². The van der Waals surface area contributed by atoms with Crippen LogP contribution in [-0.4, -0.2) is 65.8 Å². The van der Waals surface area contributed by atoms with Crippen LogP contribution < -0.4 is 10.6 Å². The monoisotopic (exact) mass is 517 g/mol. The third kappa shape index (κ3) is 6.35. The van der Waals surface area contributed by atoms with Gasteiger partial charge in [-0.15, -0.1) is 22.7 Å². The van der Waals surface area contributed by atoms with Gasteiger partial charge in [-0.3, -0.25) is 9.78 Å². The van der Waals surface area contributed by atoms with Gasteiger partial charge in [0.25, 0.3) is 0 Å². The molecule has 0 aliphatic carbocycles. The Morgan fingerprint density at radius 2 is 2.06 bits per heavy atom. The van der Waals surface area contributed by atoms with Crippen LogP contribution in [-0.2, 0) is 27.2 Å². The van der Waals surface area contributed by atoms with E-state index in [0.717, 1.165) is 36.2 Å². The molecule has 0 aromatic carbocycles. The number of ether oxygens (including phenoxy) is 2. The molecule has 1 aliphatic rings. The van der Waals surface area contributed by atoms with Crippen LogP contribution in [0.15, 0.2) is 18.5 Å². The summed E-state index contributed by atoms with van der Waals surface area (Å²) in [5, 5.41) is 7.93. The summed E-state index contributed by atoms with van der Waals surface area (Å²) < 4.78 is 11.6. The second-order valence-corrected chi connectivity index (χ2v) is 11.4. The normalized spacial score (nSPS) is 13.7. The van der Waals surface area contributed by atoms with Gasteiger partial charge >= 0.3 is 6.09 Å². The standard InChI is InChI=1S/C24H31N5O4S2/c1-24(2,3)33-23(31)29-11-7-15-18(14-29)35-22(28-19(30)6-9-25-10-12-32-4)20(15)21-27-16-13-26-8-5-17(16)34-21/h5,8,13,25H,6-7,9-12,14H2,1-4H3,(H,28,30). The van der Waals surface area contributed by atoms with Crippen molar-refractivity contribution in [3.8, 4) is 10.6 Å². The fourth-order valence-corrected chi connectivity index (χ4v) is 6.13. The number of amides is 2. The summed E-state index contributed by atoms with van der Waals surface area (Å²) in [6, 6.07) is 1.95. The number of hydrogen-bond acceptors (Lipinski definition) is 9. The number of nitrogens with one attached hydrogen (secondary N) is 2. The molecule has 0 unspecified atom stereocenters. The van der Waals surface area contributed by atoms with E-state index in [4.69, 9.17) is 14.5 Å². The van der Waals surface area contributed by atoms with Crippen LogP contribution >= 0.6 is 22.7 Å². The Kier molecular flexibility index (Phi) is 8.00. The van der Waals surface area contributed by atoms with Gasteiger partial charge in [0, 0.05) is 49.8 Å². The highest BCUT2D eigenvalue weighted by atomic mass is 32.1. The molecule has 2 amide bonds. The first-order valence-electron chi connectivity index (χ1n) is 11.6. The van der Waals surface area contributed by atoms with E-state index in [1.807, 2.05) is 26.8 Å². The van der Waals surface area contributed by atoms with Crippen molar-refractivity contribution >= 4 is 49.9 Å². The second-order valence-electron chi connectivity index (χ2n) is 9.26. The lowest BCUT2D eigenvalue weighted by Gasteiger charge is -2.30. The van der Waals surface area contributed by atoms with Crippen LogP contribution in [0.2, 0.25) is 0 Å². The number of methoxy groups -OCH3 is 1. The molecule has 188 valence electrons. The summed E-state index contributed by atoms with van der Waals surface area (Å²) >= 11 is 3.09. The molecule has 35 heavy (non-hydrogen) atoms. The number of anilines is 1. The van der Waals surface area contributed by atoms with Crippen LogP contribution in [0.1, 0.15) is 37.6 Å². The first-order chi connectivity index (χ1) is 16.7. The van der Waals surface area contributed by atoms with Crippen molar-refractivity contribution in [3.05, 3.63) is 28.9 Å². The van der Waals surface area contributed by atoms with Gasteiger partial charge in [0.15, 0.2) is 0 Å². The van der Waals surface area contributed by atoms with E-state index in [9.17, 15) is 9.59 Å². The number of aromatic nitrogens is 2. The molecule has 3 aromatic heterocycles. The Morgan fingerprint density at radius 1 is 1.23 bits per heavy atom. The van der Waals surface area contributed by atoms with Gasteiger partial charge in [0.1, 0.15) is 21.1 Å². The molecule has 0 bridgehead atoms. The van der Waals surface area contributed by atoms with E-state index in [-0.39, 0.29) is 12.0 Å². The number of hydrogen-bond donors (Lipinski definition) is 2. The molecule has 3 aromatic rings. The Hall–Kier alpha value is -2.60. The fraction of sp³-hybridized carbons (Fsp3) is 0.500. The molecule has 4 rings (SSSR count). The molecular formula is C24H31N5O4S2. The summed E-state index contributed by atoms with van der Waals surface area (Å²) in [6.45, 7) is 8.45. The average Bonchev–Trinajstić information content (AvgIpc) is 3.37. The number of thiazole rings is 1. The molecule has 9 nitrogen and oxygen atoms in total. The number of carbonyl (C=O) groups excluding carboxylic acids is 2. The number of nitrogens with zero attached hydrogens (tertiary/aromatic N) is 3. The number of rotatable bonds is 8. The van der Waals surface area contributed by atoms with Crippen LogP contribution in [0.3, 0.4) is 0 Å². The summed E-state index contributed by atoms with van der Waals surface area (Å²) in [5.41, 5.74) is 2.37. The van der Waals surface area contributed by atoms with Crippen molar-refractivity contribution in [3.63, 3.8) is 0 Å². The minimum Gasteiger partial charge on any atom is -0.444 e. The first-order valence-corrected chi connectivity index (χ1v) is 13.2. The highest BCUT2D eigenvalue weighted by molar-refractivity contribution is 7.22. The molecule has 0 saturated heterocycles. The number of carbonyl (C=O) groups is 2. The molecule has 0 radical (unpaired) electrons. The largest absolute Gasteiger partial charge is 0.444 e. The van der Waals surface area contributed by atoms with Gasteiger partial charge in [-0.25, -0.2) is 9.78 Å². The van der Waals surface area contributed by atoms with Gasteiger partial charge in [-0.1, -0.05) is 0 Å². The van der Waals surface area contributed by atoms with Crippen molar-refractivity contribution in [2.75, 3.05) is 38.7 Å². The third-order valence-electron chi connectivity index (χ3n) is 5.38. The lowest BCUT2D eigenvalue weighted by molar-refractivity contribution is -0.116. The molecular weight excluding hydrogens is 486 g/mol. The summed E-state index contributed by atoms with van der Waals surface area (Å²) in [6.07, 6.45) is 4.20. The van der Waals surface area contributed by atoms with E-state index in [1.165, 1.54) is 11.3 Å². The van der Waals surface area contributed by atoms with Gasteiger partial charge in [0.05, 0.1) is 24.0 Å². The topological polar surface area (TPSA) is 106 Å². The molecule has 0 spiro atoms. The number of pyridine rings is 1. The Bertz CT molecular complexity index is 1170. The van der Waals surface area contributed by atoms with Gasteiger partial charge < -0.3 is 25.0 Å². The molecule has 11 heteroatoms. The third-order valence-corrected chi connectivity index (χ3v) is 7.56. The molecule has 4 heterocycles. The average molecular weight is 518 g/mol. The molecule has 0 atom stereocenters. The van der Waals surface area contributed by atoms with E-state index in [2.05, 4.69) is 15.6 Å². The SMILES string of the molecule is COCCNCCC(=O)Nc1sc2c(c1-c1nc3cnccc3s1)CCN(C(=O)OC(C)(C)C)C2. The smallest absolute Gasteiger partial charge is 0.410 e. The summed E-state index contributed by atoms with van der Waals surface area (Å²) in [4.78, 5) is 37.2. The van der Waals surface area contributed by atoms with Crippen LogP contribution in [0, 0.1) is 0 Å². The zero-order chi connectivity index (χ0) is 25.0. The zero-order valence-electron chi connectivity index (χ0n) is 20.5. The number of thiophene rings is 1. The van der Waals surface area contributed by atoms with Gasteiger partial charge in [-0.05, 0) is 38.8 Å². The summed E-state index contributed by atoms with van der Waals surface area (Å²) in [5.74, 6) is -0.0680.